The van der Waals surface area contributed by atoms with Crippen molar-refractivity contribution in [2.24, 2.45) is 5.10 Å². The van der Waals surface area contributed by atoms with Crippen LogP contribution >= 0.6 is 0 Å². The molecule has 0 saturated heterocycles. The highest BCUT2D eigenvalue weighted by atomic mass is 32.2. The second kappa shape index (κ2) is 6.82. The normalized spacial score (nSPS) is 14.2. The zero-order chi connectivity index (χ0) is 19.8. The Morgan fingerprint density at radius 3 is 2.41 bits per heavy atom. The minimum Gasteiger partial charge on any atom is -0.398 e. The predicted octanol–water partition coefficient (Wildman–Crippen LogP) is 1.88. The van der Waals surface area contributed by atoms with Crippen LogP contribution in [0.1, 0.15) is 23.7 Å². The predicted molar refractivity (Wildman–Crippen MR) is 100 cm³/mol. The van der Waals surface area contributed by atoms with E-state index in [2.05, 4.69) is 10.4 Å². The molecule has 0 spiro atoms. The SMILES string of the molecule is CC1=NN(c2ccc(C(=O)Nc3ccc(S(=O)(=O)O)c(N)c3)cc2)C(=O)C1. The Hall–Kier alpha value is -3.24. The second-order valence-electron chi connectivity index (χ2n) is 5.95. The minimum atomic E-state index is -4.43. The lowest BCUT2D eigenvalue weighted by atomic mass is 10.1. The summed E-state index contributed by atoms with van der Waals surface area (Å²) in [5.74, 6) is -0.591. The molecular formula is C17H16N4O5S. The van der Waals surface area contributed by atoms with Gasteiger partial charge in [0.2, 0.25) is 0 Å². The van der Waals surface area contributed by atoms with Gasteiger partial charge in [-0.1, -0.05) is 0 Å². The van der Waals surface area contributed by atoms with E-state index in [0.29, 0.717) is 17.0 Å². The molecule has 0 unspecified atom stereocenters. The maximum Gasteiger partial charge on any atom is 0.296 e. The molecule has 0 aromatic heterocycles. The summed E-state index contributed by atoms with van der Waals surface area (Å²) in [6, 6.07) is 9.92. The molecule has 10 heteroatoms. The quantitative estimate of drug-likeness (QED) is 0.539. The molecule has 2 aromatic carbocycles. The molecule has 1 aliphatic rings. The van der Waals surface area contributed by atoms with Gasteiger partial charge in [0.1, 0.15) is 4.90 Å². The highest BCUT2D eigenvalue weighted by Gasteiger charge is 2.22. The van der Waals surface area contributed by atoms with Gasteiger partial charge in [-0.2, -0.15) is 13.5 Å². The zero-order valence-corrected chi connectivity index (χ0v) is 15.0. The van der Waals surface area contributed by atoms with Gasteiger partial charge in [0.15, 0.2) is 0 Å². The topological polar surface area (TPSA) is 142 Å². The number of nitrogens with zero attached hydrogens (tertiary/aromatic N) is 2. The summed E-state index contributed by atoms with van der Waals surface area (Å²) in [5, 5.41) is 8.00. The number of hydrogen-bond donors (Lipinski definition) is 3. The van der Waals surface area contributed by atoms with Gasteiger partial charge < -0.3 is 11.1 Å². The van der Waals surface area contributed by atoms with E-state index in [9.17, 15) is 18.0 Å². The average molecular weight is 388 g/mol. The summed E-state index contributed by atoms with van der Waals surface area (Å²) < 4.78 is 31.3. The number of nitrogens with one attached hydrogen (secondary N) is 1. The Balaban J connectivity index is 1.75. The van der Waals surface area contributed by atoms with E-state index in [1.165, 1.54) is 29.3 Å². The number of amides is 2. The average Bonchev–Trinajstić information content (AvgIpc) is 2.92. The van der Waals surface area contributed by atoms with Gasteiger partial charge in [-0.25, -0.2) is 5.01 Å². The highest BCUT2D eigenvalue weighted by molar-refractivity contribution is 7.86. The lowest BCUT2D eigenvalue weighted by molar-refractivity contribution is -0.116. The summed E-state index contributed by atoms with van der Waals surface area (Å²) in [6.45, 7) is 1.76. The van der Waals surface area contributed by atoms with E-state index in [4.69, 9.17) is 10.3 Å². The van der Waals surface area contributed by atoms with E-state index in [1.54, 1.807) is 19.1 Å². The summed E-state index contributed by atoms with van der Waals surface area (Å²) >= 11 is 0. The number of carbonyl (C=O) groups excluding carboxylic acids is 2. The fraction of sp³-hybridized carbons (Fsp3) is 0.118. The first-order valence-electron chi connectivity index (χ1n) is 7.80. The summed E-state index contributed by atoms with van der Waals surface area (Å²) in [7, 11) is -4.43. The maximum absolute atomic E-state index is 12.3. The number of hydrazone groups is 1. The number of hydrogen-bond acceptors (Lipinski definition) is 6. The van der Waals surface area contributed by atoms with Gasteiger partial charge >= 0.3 is 0 Å². The fourth-order valence-corrected chi connectivity index (χ4v) is 3.17. The van der Waals surface area contributed by atoms with Gasteiger partial charge in [0.05, 0.1) is 17.8 Å². The second-order valence-corrected chi connectivity index (χ2v) is 7.34. The zero-order valence-electron chi connectivity index (χ0n) is 14.2. The third-order valence-electron chi connectivity index (χ3n) is 3.83. The highest BCUT2D eigenvalue weighted by Crippen LogP contribution is 2.24. The molecule has 9 nitrogen and oxygen atoms in total. The smallest absolute Gasteiger partial charge is 0.296 e. The summed E-state index contributed by atoms with van der Waals surface area (Å²) in [4.78, 5) is 23.7. The van der Waals surface area contributed by atoms with Crippen molar-refractivity contribution in [3.63, 3.8) is 0 Å². The van der Waals surface area contributed by atoms with Crippen molar-refractivity contribution in [3.05, 3.63) is 48.0 Å². The van der Waals surface area contributed by atoms with Crippen LogP contribution in [0.2, 0.25) is 0 Å². The van der Waals surface area contributed by atoms with Crippen LogP contribution in [0.4, 0.5) is 17.1 Å². The van der Waals surface area contributed by atoms with Crippen LogP contribution in [0, 0.1) is 0 Å². The van der Waals surface area contributed by atoms with Crippen molar-refractivity contribution < 1.29 is 22.6 Å². The summed E-state index contributed by atoms with van der Waals surface area (Å²) in [5.41, 5.74) is 7.26. The van der Waals surface area contributed by atoms with Crippen LogP contribution in [0.3, 0.4) is 0 Å². The van der Waals surface area contributed by atoms with Crippen molar-refractivity contribution in [1.82, 2.24) is 0 Å². The molecule has 0 radical (unpaired) electrons. The van der Waals surface area contributed by atoms with Crippen LogP contribution in [0.25, 0.3) is 0 Å². The van der Waals surface area contributed by atoms with Crippen LogP contribution in [-0.2, 0) is 14.9 Å². The van der Waals surface area contributed by atoms with Gasteiger partial charge in [-0.3, -0.25) is 14.1 Å². The van der Waals surface area contributed by atoms with E-state index in [0.717, 1.165) is 6.07 Å². The van der Waals surface area contributed by atoms with E-state index < -0.39 is 20.9 Å². The molecule has 3 rings (SSSR count). The molecule has 0 atom stereocenters. The Kier molecular flexibility index (Phi) is 4.68. The molecular weight excluding hydrogens is 372 g/mol. The number of anilines is 3. The van der Waals surface area contributed by atoms with Crippen LogP contribution in [0.5, 0.6) is 0 Å². The van der Waals surface area contributed by atoms with Crippen LogP contribution < -0.4 is 16.1 Å². The standard InChI is InChI=1S/C17H16N4O5S/c1-10-8-16(22)21(20-10)13-5-2-11(3-6-13)17(23)19-12-4-7-15(14(18)9-12)27(24,25)26/h2-7,9H,8,18H2,1H3,(H,19,23)(H,24,25,26). The monoisotopic (exact) mass is 388 g/mol. The van der Waals surface area contributed by atoms with Crippen LogP contribution in [0.15, 0.2) is 52.5 Å². The largest absolute Gasteiger partial charge is 0.398 e. The molecule has 4 N–H and O–H groups in total. The molecule has 2 amide bonds. The molecule has 0 fully saturated rings. The summed E-state index contributed by atoms with van der Waals surface area (Å²) in [6.07, 6.45) is 0.267. The molecule has 0 aliphatic carbocycles. The van der Waals surface area contributed by atoms with Gasteiger partial charge in [0, 0.05) is 17.0 Å². The Labute approximate surface area is 155 Å². The number of rotatable bonds is 4. The molecule has 0 saturated carbocycles. The number of nitrogens with two attached hydrogens (primary N) is 1. The van der Waals surface area contributed by atoms with Crippen molar-refractivity contribution in [1.29, 1.82) is 0 Å². The first-order chi connectivity index (χ1) is 12.6. The Morgan fingerprint density at radius 1 is 1.22 bits per heavy atom. The van der Waals surface area contributed by atoms with Crippen molar-refractivity contribution in [3.8, 4) is 0 Å². The number of nitrogen functional groups attached to an aromatic ring is 1. The van der Waals surface area contributed by atoms with Crippen molar-refractivity contribution >= 4 is 44.7 Å². The molecule has 140 valence electrons. The van der Waals surface area contributed by atoms with Crippen molar-refractivity contribution in [2.75, 3.05) is 16.1 Å². The maximum atomic E-state index is 12.3. The Morgan fingerprint density at radius 2 is 1.89 bits per heavy atom. The number of benzene rings is 2. The third-order valence-corrected chi connectivity index (χ3v) is 4.76. The Bertz CT molecular complexity index is 1060. The van der Waals surface area contributed by atoms with Gasteiger partial charge in [-0.15, -0.1) is 0 Å². The molecule has 0 bridgehead atoms. The fourth-order valence-electron chi connectivity index (χ4n) is 2.58. The molecule has 1 aliphatic heterocycles. The number of carbonyl (C=O) groups is 2. The third kappa shape index (κ3) is 3.96. The van der Waals surface area contributed by atoms with Gasteiger partial charge in [-0.05, 0) is 49.4 Å². The van der Waals surface area contributed by atoms with Crippen LogP contribution in [-0.4, -0.2) is 30.5 Å². The first-order valence-corrected chi connectivity index (χ1v) is 9.24. The van der Waals surface area contributed by atoms with Crippen molar-refractivity contribution in [2.45, 2.75) is 18.2 Å². The van der Waals surface area contributed by atoms with E-state index in [-0.39, 0.29) is 23.7 Å². The lowest BCUT2D eigenvalue weighted by Crippen LogP contribution is -2.19. The first kappa shape index (κ1) is 18.5. The van der Waals surface area contributed by atoms with Gasteiger partial charge in [0.25, 0.3) is 21.9 Å². The molecule has 27 heavy (non-hydrogen) atoms. The molecule has 2 aromatic rings. The van der Waals surface area contributed by atoms with E-state index in [1.807, 2.05) is 0 Å². The molecule has 1 heterocycles. The lowest BCUT2D eigenvalue weighted by Gasteiger charge is -2.12. The minimum absolute atomic E-state index is 0.140. The van der Waals surface area contributed by atoms with E-state index >= 15 is 0 Å².